The average molecular weight is 248 g/mol. The van der Waals surface area contributed by atoms with Gasteiger partial charge in [0.05, 0.1) is 6.10 Å². The average Bonchev–Trinajstić information content (AvgIpc) is 2.22. The minimum Gasteiger partial charge on any atom is -0.504 e. The van der Waals surface area contributed by atoms with Gasteiger partial charge in [0.2, 0.25) is 0 Å². The number of halogens is 1. The topological polar surface area (TPSA) is 72.7 Å². The van der Waals surface area contributed by atoms with Crippen LogP contribution in [0.25, 0.3) is 0 Å². The van der Waals surface area contributed by atoms with E-state index in [0.29, 0.717) is 12.1 Å². The molecule has 16 heavy (non-hydrogen) atoms. The molecule has 5 heteroatoms. The highest BCUT2D eigenvalue weighted by Crippen LogP contribution is 2.27. The third-order valence-electron chi connectivity index (χ3n) is 2.15. The summed E-state index contributed by atoms with van der Waals surface area (Å²) >= 11 is 0. The van der Waals surface area contributed by atoms with Crippen molar-refractivity contribution in [2.24, 2.45) is 0 Å². The van der Waals surface area contributed by atoms with E-state index in [9.17, 15) is 10.2 Å². The molecule has 4 N–H and O–H groups in total. The van der Waals surface area contributed by atoms with Gasteiger partial charge in [0.1, 0.15) is 0 Å². The van der Waals surface area contributed by atoms with Gasteiger partial charge in [0.25, 0.3) is 0 Å². The Kier molecular flexibility index (Phi) is 6.88. The third-order valence-corrected chi connectivity index (χ3v) is 2.15. The summed E-state index contributed by atoms with van der Waals surface area (Å²) in [7, 11) is 0. The maximum absolute atomic E-state index is 9.71. The lowest BCUT2D eigenvalue weighted by Crippen LogP contribution is -2.21. The molecule has 4 nitrogen and oxygen atoms in total. The number of aromatic hydroxyl groups is 2. The maximum atomic E-state index is 9.71. The Bertz CT molecular complexity index is 320. The summed E-state index contributed by atoms with van der Waals surface area (Å²) in [4.78, 5) is 0. The summed E-state index contributed by atoms with van der Waals surface area (Å²) in [5.74, 6) is -0.380. The molecule has 1 aromatic carbocycles. The van der Waals surface area contributed by atoms with Crippen LogP contribution in [0, 0.1) is 0 Å². The quantitative estimate of drug-likeness (QED) is 0.471. The van der Waals surface area contributed by atoms with Crippen LogP contribution in [0.2, 0.25) is 0 Å². The molecule has 1 rings (SSSR count). The highest BCUT2D eigenvalue weighted by atomic mass is 35.5. The second-order valence-corrected chi connectivity index (χ2v) is 3.47. The molecule has 0 bridgehead atoms. The molecule has 0 saturated carbocycles. The summed E-state index contributed by atoms with van der Waals surface area (Å²) in [6.45, 7) is 3.34. The Labute approximate surface area is 101 Å². The van der Waals surface area contributed by atoms with Crippen molar-refractivity contribution in [3.05, 3.63) is 23.8 Å². The van der Waals surface area contributed by atoms with Gasteiger partial charge in [-0.3, -0.25) is 0 Å². The van der Waals surface area contributed by atoms with E-state index in [1.807, 2.05) is 6.92 Å². The van der Waals surface area contributed by atoms with Crippen molar-refractivity contribution in [3.63, 3.8) is 0 Å². The van der Waals surface area contributed by atoms with Crippen LogP contribution in [-0.4, -0.2) is 28.4 Å². The number of nitrogens with one attached hydrogen (secondary N) is 1. The van der Waals surface area contributed by atoms with E-state index in [2.05, 4.69) is 5.32 Å². The van der Waals surface area contributed by atoms with Crippen LogP contribution in [0.15, 0.2) is 18.2 Å². The van der Waals surface area contributed by atoms with Gasteiger partial charge < -0.3 is 20.6 Å². The Morgan fingerprint density at radius 2 is 1.94 bits per heavy atom. The van der Waals surface area contributed by atoms with Gasteiger partial charge in [0.15, 0.2) is 11.5 Å². The predicted octanol–water partition coefficient (Wildman–Crippen LogP) is 1.55. The van der Waals surface area contributed by atoms with Gasteiger partial charge in [-0.15, -0.1) is 12.4 Å². The fraction of sp³-hybridized carbons (Fsp3) is 0.455. The minimum atomic E-state index is -0.664. The molecular weight excluding hydrogens is 230 g/mol. The monoisotopic (exact) mass is 247 g/mol. The first-order valence-corrected chi connectivity index (χ1v) is 5.05. The first-order chi connectivity index (χ1) is 7.15. The van der Waals surface area contributed by atoms with Crippen LogP contribution >= 0.6 is 12.4 Å². The number of phenolic OH excluding ortho intramolecular Hbond substituents is 2. The molecule has 1 atom stereocenters. The van der Waals surface area contributed by atoms with Crippen LogP contribution in [0.1, 0.15) is 25.0 Å². The summed E-state index contributed by atoms with van der Waals surface area (Å²) in [6, 6.07) is 4.33. The lowest BCUT2D eigenvalue weighted by Gasteiger charge is -2.12. The molecule has 0 heterocycles. The molecule has 0 radical (unpaired) electrons. The molecule has 92 valence electrons. The number of aliphatic hydroxyl groups excluding tert-OH is 1. The molecule has 0 aromatic heterocycles. The van der Waals surface area contributed by atoms with Crippen LogP contribution in [-0.2, 0) is 0 Å². The number of phenols is 2. The molecule has 1 unspecified atom stereocenters. The van der Waals surface area contributed by atoms with Crippen molar-refractivity contribution in [3.8, 4) is 11.5 Å². The lowest BCUT2D eigenvalue weighted by molar-refractivity contribution is 0.174. The van der Waals surface area contributed by atoms with Crippen LogP contribution in [0.4, 0.5) is 0 Å². The second kappa shape index (κ2) is 7.33. The van der Waals surface area contributed by atoms with Crippen LogP contribution in [0.5, 0.6) is 11.5 Å². The molecule has 0 aliphatic rings. The summed E-state index contributed by atoms with van der Waals surface area (Å²) in [6.07, 6.45) is 0.344. The molecule has 0 spiro atoms. The van der Waals surface area contributed by atoms with E-state index in [1.165, 1.54) is 12.1 Å². The highest BCUT2D eigenvalue weighted by Gasteiger charge is 2.09. The largest absolute Gasteiger partial charge is 0.504 e. The number of hydrogen-bond donors (Lipinski definition) is 4. The molecule has 1 aromatic rings. The first-order valence-electron chi connectivity index (χ1n) is 5.05. The number of benzene rings is 1. The maximum Gasteiger partial charge on any atom is 0.157 e. The molecule has 0 aliphatic heterocycles. The molecule has 0 amide bonds. The fourth-order valence-electron chi connectivity index (χ4n) is 1.28. The number of hydrogen-bond acceptors (Lipinski definition) is 4. The second-order valence-electron chi connectivity index (χ2n) is 3.47. The van der Waals surface area contributed by atoms with E-state index in [-0.39, 0.29) is 23.9 Å². The SMILES string of the molecule is CCCNCC(O)c1ccc(O)c(O)c1.Cl. The third kappa shape index (κ3) is 4.26. The van der Waals surface area contributed by atoms with Gasteiger partial charge in [-0.1, -0.05) is 13.0 Å². The normalized spacial score (nSPS) is 11.9. The van der Waals surface area contributed by atoms with Crippen LogP contribution < -0.4 is 5.32 Å². The zero-order valence-corrected chi connectivity index (χ0v) is 10.00. The molecule has 0 fully saturated rings. The number of aliphatic hydroxyl groups is 1. The van der Waals surface area contributed by atoms with Gasteiger partial charge in [-0.05, 0) is 30.7 Å². The minimum absolute atomic E-state index is 0. The van der Waals surface area contributed by atoms with E-state index in [1.54, 1.807) is 6.07 Å². The Hall–Kier alpha value is -0.970. The van der Waals surface area contributed by atoms with Gasteiger partial charge >= 0.3 is 0 Å². The molecule has 0 saturated heterocycles. The zero-order valence-electron chi connectivity index (χ0n) is 9.18. The lowest BCUT2D eigenvalue weighted by atomic mass is 10.1. The Morgan fingerprint density at radius 1 is 1.25 bits per heavy atom. The predicted molar refractivity (Wildman–Crippen MR) is 65.1 cm³/mol. The van der Waals surface area contributed by atoms with E-state index in [4.69, 9.17) is 5.11 Å². The van der Waals surface area contributed by atoms with Crippen molar-refractivity contribution < 1.29 is 15.3 Å². The van der Waals surface area contributed by atoms with Crippen molar-refractivity contribution in [1.29, 1.82) is 0 Å². The van der Waals surface area contributed by atoms with Crippen molar-refractivity contribution in [2.45, 2.75) is 19.4 Å². The van der Waals surface area contributed by atoms with Gasteiger partial charge in [0, 0.05) is 6.54 Å². The van der Waals surface area contributed by atoms with E-state index < -0.39 is 6.10 Å². The summed E-state index contributed by atoms with van der Waals surface area (Å²) in [5, 5.41) is 31.1. The smallest absolute Gasteiger partial charge is 0.157 e. The molecular formula is C11H18ClNO3. The Balaban J connectivity index is 0.00000225. The van der Waals surface area contributed by atoms with Gasteiger partial charge in [-0.25, -0.2) is 0 Å². The first kappa shape index (κ1) is 15.0. The van der Waals surface area contributed by atoms with E-state index in [0.717, 1.165) is 13.0 Å². The standard InChI is InChI=1S/C11H17NO3.ClH/c1-2-5-12-7-11(15)8-3-4-9(13)10(14)6-8;/h3-4,6,11-15H,2,5,7H2,1H3;1H. The van der Waals surface area contributed by atoms with Crippen molar-refractivity contribution in [2.75, 3.05) is 13.1 Å². The molecule has 0 aliphatic carbocycles. The number of rotatable bonds is 5. The fourth-order valence-corrected chi connectivity index (χ4v) is 1.28. The van der Waals surface area contributed by atoms with Crippen LogP contribution in [0.3, 0.4) is 0 Å². The van der Waals surface area contributed by atoms with Crippen molar-refractivity contribution >= 4 is 12.4 Å². The highest BCUT2D eigenvalue weighted by molar-refractivity contribution is 5.85. The Morgan fingerprint density at radius 3 is 2.50 bits per heavy atom. The zero-order chi connectivity index (χ0) is 11.3. The van der Waals surface area contributed by atoms with E-state index >= 15 is 0 Å². The summed E-state index contributed by atoms with van der Waals surface area (Å²) in [5.41, 5.74) is 0.592. The van der Waals surface area contributed by atoms with Crippen molar-refractivity contribution in [1.82, 2.24) is 5.32 Å². The van der Waals surface area contributed by atoms with Gasteiger partial charge in [-0.2, -0.15) is 0 Å². The summed E-state index contributed by atoms with van der Waals surface area (Å²) < 4.78 is 0.